The van der Waals surface area contributed by atoms with Crippen LogP contribution in [-0.4, -0.2) is 21.0 Å². The maximum absolute atomic E-state index is 12.1. The van der Waals surface area contributed by atoms with E-state index in [1.165, 1.54) is 6.08 Å². The van der Waals surface area contributed by atoms with Gasteiger partial charge in [0, 0.05) is 17.3 Å². The molecule has 0 radical (unpaired) electrons. The summed E-state index contributed by atoms with van der Waals surface area (Å²) < 4.78 is 0. The fourth-order valence-corrected chi connectivity index (χ4v) is 2.36. The van der Waals surface area contributed by atoms with Crippen molar-refractivity contribution in [2.24, 2.45) is 0 Å². The molecule has 1 aromatic heterocycles. The van der Waals surface area contributed by atoms with E-state index in [9.17, 15) is 9.90 Å². The van der Waals surface area contributed by atoms with Gasteiger partial charge in [-0.05, 0) is 31.2 Å². The van der Waals surface area contributed by atoms with Gasteiger partial charge in [-0.25, -0.2) is 4.98 Å². The Hall–Kier alpha value is -3.05. The third kappa shape index (κ3) is 3.64. The molecule has 2 N–H and O–H groups in total. The van der Waals surface area contributed by atoms with Crippen LogP contribution in [0.5, 0.6) is 0 Å². The van der Waals surface area contributed by atoms with Crippen LogP contribution in [0.25, 0.3) is 17.1 Å². The molecule has 0 bridgehead atoms. The van der Waals surface area contributed by atoms with Gasteiger partial charge in [-0.1, -0.05) is 30.3 Å². The van der Waals surface area contributed by atoms with Crippen LogP contribution in [-0.2, 0) is 4.79 Å². The zero-order chi connectivity index (χ0) is 16.9. The Morgan fingerprint density at radius 1 is 1.12 bits per heavy atom. The molecule has 1 unspecified atom stereocenters. The topological polar surface area (TPSA) is 75.1 Å². The van der Waals surface area contributed by atoms with E-state index in [-0.39, 0.29) is 5.91 Å². The second-order valence-electron chi connectivity index (χ2n) is 5.37. The Morgan fingerprint density at radius 3 is 2.62 bits per heavy atom. The number of aromatic nitrogens is 2. The van der Waals surface area contributed by atoms with Gasteiger partial charge >= 0.3 is 0 Å². The molecule has 0 aliphatic carbocycles. The molecule has 0 aliphatic heterocycles. The van der Waals surface area contributed by atoms with Gasteiger partial charge in [0.2, 0.25) is 5.91 Å². The number of carbonyl (C=O) groups excluding carboxylic acids is 1. The van der Waals surface area contributed by atoms with Crippen molar-refractivity contribution in [3.63, 3.8) is 0 Å². The highest BCUT2D eigenvalue weighted by atomic mass is 16.3. The monoisotopic (exact) mass is 319 g/mol. The molecule has 1 amide bonds. The first-order valence-electron chi connectivity index (χ1n) is 7.61. The molecule has 0 saturated carbocycles. The molecule has 5 nitrogen and oxygen atoms in total. The zero-order valence-electron chi connectivity index (χ0n) is 13.2. The molecule has 0 spiro atoms. The van der Waals surface area contributed by atoms with Gasteiger partial charge in [0.1, 0.15) is 0 Å². The van der Waals surface area contributed by atoms with E-state index in [1.807, 2.05) is 30.3 Å². The maximum Gasteiger partial charge on any atom is 0.248 e. The molecular formula is C19H17N3O2. The molecule has 1 atom stereocenters. The second kappa shape index (κ2) is 7.02. The van der Waals surface area contributed by atoms with Crippen molar-refractivity contribution < 1.29 is 9.90 Å². The van der Waals surface area contributed by atoms with E-state index in [0.29, 0.717) is 16.9 Å². The van der Waals surface area contributed by atoms with Gasteiger partial charge in [-0.3, -0.25) is 9.78 Å². The van der Waals surface area contributed by atoms with Gasteiger partial charge in [0.15, 0.2) is 0 Å². The summed E-state index contributed by atoms with van der Waals surface area (Å²) in [6.07, 6.45) is 3.98. The summed E-state index contributed by atoms with van der Waals surface area (Å²) in [5.41, 5.74) is 3.45. The number of hydrogen-bond donors (Lipinski definition) is 2. The molecule has 120 valence electrons. The van der Waals surface area contributed by atoms with Crippen LogP contribution in [0.2, 0.25) is 0 Å². The summed E-state index contributed by atoms with van der Waals surface area (Å²) in [4.78, 5) is 20.8. The summed E-state index contributed by atoms with van der Waals surface area (Å²) in [5, 5.41) is 12.5. The van der Waals surface area contributed by atoms with Crippen LogP contribution in [0.4, 0.5) is 5.69 Å². The smallest absolute Gasteiger partial charge is 0.248 e. The standard InChI is InChI=1S/C19H17N3O2/c1-13(23)15-6-2-3-7-16(15)22-19(24)11-10-14-12-20-17-8-4-5-9-18(17)21-14/h2-13,23H,1H3,(H,22,24)/b11-10+. The molecule has 0 aliphatic rings. The number of rotatable bonds is 4. The minimum absolute atomic E-state index is 0.293. The quantitative estimate of drug-likeness (QED) is 0.723. The van der Waals surface area contributed by atoms with Gasteiger partial charge < -0.3 is 10.4 Å². The number of fused-ring (bicyclic) bond motifs is 1. The Labute approximate surface area is 139 Å². The Bertz CT molecular complexity index is 904. The SMILES string of the molecule is CC(O)c1ccccc1NC(=O)/C=C/c1cnc2ccccc2n1. The van der Waals surface area contributed by atoms with Crippen LogP contribution in [0.3, 0.4) is 0 Å². The van der Waals surface area contributed by atoms with Crippen LogP contribution < -0.4 is 5.32 Å². The molecule has 0 fully saturated rings. The van der Waals surface area contributed by atoms with Crippen molar-refractivity contribution in [1.29, 1.82) is 0 Å². The predicted molar refractivity (Wildman–Crippen MR) is 94.3 cm³/mol. The fourth-order valence-electron chi connectivity index (χ4n) is 2.36. The lowest BCUT2D eigenvalue weighted by Crippen LogP contribution is -2.10. The average molecular weight is 319 g/mol. The number of benzene rings is 2. The van der Waals surface area contributed by atoms with Crippen molar-refractivity contribution in [1.82, 2.24) is 9.97 Å². The molecule has 24 heavy (non-hydrogen) atoms. The minimum Gasteiger partial charge on any atom is -0.389 e. The first-order chi connectivity index (χ1) is 11.6. The van der Waals surface area contributed by atoms with E-state index in [4.69, 9.17) is 0 Å². The highest BCUT2D eigenvalue weighted by Gasteiger charge is 2.08. The van der Waals surface area contributed by atoms with Crippen LogP contribution in [0.1, 0.15) is 24.3 Å². The number of anilines is 1. The Balaban J connectivity index is 1.75. The van der Waals surface area contributed by atoms with E-state index in [0.717, 1.165) is 11.0 Å². The lowest BCUT2D eigenvalue weighted by Gasteiger charge is -2.11. The molecule has 3 aromatic rings. The van der Waals surface area contributed by atoms with Gasteiger partial charge in [0.05, 0.1) is 29.0 Å². The number of nitrogens with zero attached hydrogens (tertiary/aromatic N) is 2. The first-order valence-corrected chi connectivity index (χ1v) is 7.61. The van der Waals surface area contributed by atoms with Gasteiger partial charge in [0.25, 0.3) is 0 Å². The van der Waals surface area contributed by atoms with E-state index >= 15 is 0 Å². The van der Waals surface area contributed by atoms with E-state index < -0.39 is 6.10 Å². The predicted octanol–water partition coefficient (Wildman–Crippen LogP) is 3.34. The van der Waals surface area contributed by atoms with E-state index in [1.54, 1.807) is 37.4 Å². The number of carbonyl (C=O) groups is 1. The van der Waals surface area contributed by atoms with Crippen LogP contribution in [0.15, 0.2) is 60.8 Å². The summed E-state index contributed by atoms with van der Waals surface area (Å²) in [7, 11) is 0. The van der Waals surface area contributed by atoms with Crippen molar-refractivity contribution in [2.75, 3.05) is 5.32 Å². The molecular weight excluding hydrogens is 302 g/mol. The highest BCUT2D eigenvalue weighted by molar-refractivity contribution is 6.02. The third-order valence-electron chi connectivity index (χ3n) is 3.54. The van der Waals surface area contributed by atoms with Crippen molar-refractivity contribution in [2.45, 2.75) is 13.0 Å². The summed E-state index contributed by atoms with van der Waals surface area (Å²) in [6, 6.07) is 14.7. The van der Waals surface area contributed by atoms with E-state index in [2.05, 4.69) is 15.3 Å². The zero-order valence-corrected chi connectivity index (χ0v) is 13.2. The van der Waals surface area contributed by atoms with Gasteiger partial charge in [-0.15, -0.1) is 0 Å². The van der Waals surface area contributed by atoms with Crippen LogP contribution in [0, 0.1) is 0 Å². The Kier molecular flexibility index (Phi) is 4.63. The van der Waals surface area contributed by atoms with Crippen molar-refractivity contribution >= 4 is 28.7 Å². The number of hydrogen-bond acceptors (Lipinski definition) is 4. The maximum atomic E-state index is 12.1. The molecule has 1 heterocycles. The summed E-state index contributed by atoms with van der Waals surface area (Å²) >= 11 is 0. The van der Waals surface area contributed by atoms with Gasteiger partial charge in [-0.2, -0.15) is 0 Å². The summed E-state index contributed by atoms with van der Waals surface area (Å²) in [6.45, 7) is 1.66. The van der Waals surface area contributed by atoms with Crippen LogP contribution >= 0.6 is 0 Å². The first kappa shape index (κ1) is 15.8. The Morgan fingerprint density at radius 2 is 1.83 bits per heavy atom. The molecule has 3 rings (SSSR count). The number of amides is 1. The fraction of sp³-hybridized carbons (Fsp3) is 0.105. The third-order valence-corrected chi connectivity index (χ3v) is 3.54. The molecule has 5 heteroatoms. The normalized spacial score (nSPS) is 12.4. The molecule has 0 saturated heterocycles. The average Bonchev–Trinajstić information content (AvgIpc) is 2.60. The molecule has 2 aromatic carbocycles. The lowest BCUT2D eigenvalue weighted by atomic mass is 10.1. The van der Waals surface area contributed by atoms with Crippen molar-refractivity contribution in [3.8, 4) is 0 Å². The largest absolute Gasteiger partial charge is 0.389 e. The summed E-state index contributed by atoms with van der Waals surface area (Å²) in [5.74, 6) is -0.293. The van der Waals surface area contributed by atoms with Crippen molar-refractivity contribution in [3.05, 3.63) is 72.1 Å². The second-order valence-corrected chi connectivity index (χ2v) is 5.37. The highest BCUT2D eigenvalue weighted by Crippen LogP contribution is 2.22. The number of para-hydroxylation sites is 3. The number of nitrogens with one attached hydrogen (secondary N) is 1. The minimum atomic E-state index is -0.656. The number of aliphatic hydroxyl groups excluding tert-OH is 1. The number of aliphatic hydroxyl groups is 1. The lowest BCUT2D eigenvalue weighted by molar-refractivity contribution is -0.111.